The average molecular weight is 306 g/mol. The molecule has 2 rings (SSSR count). The molecular formula is C16H16ClNO3. The van der Waals surface area contributed by atoms with Gasteiger partial charge in [-0.1, -0.05) is 35.9 Å². The Morgan fingerprint density at radius 2 is 2.05 bits per heavy atom. The van der Waals surface area contributed by atoms with Gasteiger partial charge in [0.2, 0.25) is 0 Å². The maximum Gasteiger partial charge on any atom is 0.262 e. The quantitative estimate of drug-likeness (QED) is 0.892. The van der Waals surface area contributed by atoms with Crippen molar-refractivity contribution in [2.45, 2.75) is 13.5 Å². The van der Waals surface area contributed by atoms with Gasteiger partial charge in [-0.05, 0) is 30.7 Å². The lowest BCUT2D eigenvalue weighted by Crippen LogP contribution is -2.20. The average Bonchev–Trinajstić information content (AvgIpc) is 2.45. The smallest absolute Gasteiger partial charge is 0.262 e. The van der Waals surface area contributed by atoms with Crippen molar-refractivity contribution < 1.29 is 14.6 Å². The van der Waals surface area contributed by atoms with E-state index < -0.39 is 0 Å². The zero-order valence-electron chi connectivity index (χ0n) is 11.6. The van der Waals surface area contributed by atoms with Crippen LogP contribution in [0.2, 0.25) is 5.02 Å². The molecule has 0 bridgehead atoms. The SMILES string of the molecule is Cc1cccc(CO)c1OCC(=O)Nc1cccc(Cl)c1. The number of amides is 1. The highest BCUT2D eigenvalue weighted by atomic mass is 35.5. The van der Waals surface area contributed by atoms with E-state index in [4.69, 9.17) is 16.3 Å². The first-order valence-electron chi connectivity index (χ1n) is 6.47. The van der Waals surface area contributed by atoms with Crippen LogP contribution in [0, 0.1) is 6.92 Å². The van der Waals surface area contributed by atoms with Crippen LogP contribution in [0.15, 0.2) is 42.5 Å². The van der Waals surface area contributed by atoms with E-state index in [-0.39, 0.29) is 19.1 Å². The summed E-state index contributed by atoms with van der Waals surface area (Å²) in [4.78, 5) is 11.9. The molecule has 0 atom stereocenters. The molecule has 0 unspecified atom stereocenters. The molecule has 0 saturated heterocycles. The van der Waals surface area contributed by atoms with Crippen LogP contribution in [0.5, 0.6) is 5.75 Å². The minimum absolute atomic E-state index is 0.132. The number of carbonyl (C=O) groups is 1. The van der Waals surface area contributed by atoms with E-state index in [0.717, 1.165) is 5.56 Å². The summed E-state index contributed by atoms with van der Waals surface area (Å²) in [6, 6.07) is 12.3. The van der Waals surface area contributed by atoms with Crippen LogP contribution in [0.3, 0.4) is 0 Å². The second-order valence-electron chi connectivity index (χ2n) is 4.57. The number of hydrogen-bond acceptors (Lipinski definition) is 3. The number of nitrogens with one attached hydrogen (secondary N) is 1. The van der Waals surface area contributed by atoms with Gasteiger partial charge < -0.3 is 15.2 Å². The monoisotopic (exact) mass is 305 g/mol. The fourth-order valence-electron chi connectivity index (χ4n) is 1.95. The highest BCUT2D eigenvalue weighted by Crippen LogP contribution is 2.23. The molecule has 0 aromatic heterocycles. The van der Waals surface area contributed by atoms with Gasteiger partial charge in [0, 0.05) is 16.3 Å². The summed E-state index contributed by atoms with van der Waals surface area (Å²) >= 11 is 5.85. The van der Waals surface area contributed by atoms with Crippen LogP contribution < -0.4 is 10.1 Å². The predicted molar refractivity (Wildman–Crippen MR) is 82.7 cm³/mol. The van der Waals surface area contributed by atoms with Gasteiger partial charge in [-0.15, -0.1) is 0 Å². The van der Waals surface area contributed by atoms with Crippen molar-refractivity contribution >= 4 is 23.2 Å². The number of aliphatic hydroxyl groups excluding tert-OH is 1. The Morgan fingerprint density at radius 3 is 2.76 bits per heavy atom. The van der Waals surface area contributed by atoms with E-state index in [0.29, 0.717) is 22.0 Å². The predicted octanol–water partition coefficient (Wildman–Crippen LogP) is 3.16. The Kier molecular flexibility index (Phi) is 5.20. The minimum Gasteiger partial charge on any atom is -0.483 e. The van der Waals surface area contributed by atoms with Gasteiger partial charge in [0.15, 0.2) is 6.61 Å². The number of benzene rings is 2. The molecule has 0 radical (unpaired) electrons. The van der Waals surface area contributed by atoms with Gasteiger partial charge in [-0.25, -0.2) is 0 Å². The maximum atomic E-state index is 11.9. The zero-order valence-corrected chi connectivity index (χ0v) is 12.4. The molecule has 2 N–H and O–H groups in total. The molecule has 4 nitrogen and oxygen atoms in total. The fourth-order valence-corrected chi connectivity index (χ4v) is 2.14. The maximum absolute atomic E-state index is 11.9. The van der Waals surface area contributed by atoms with Gasteiger partial charge >= 0.3 is 0 Å². The number of rotatable bonds is 5. The van der Waals surface area contributed by atoms with Gasteiger partial charge in [0.1, 0.15) is 5.75 Å². The molecule has 2 aromatic rings. The van der Waals surface area contributed by atoms with Gasteiger partial charge in [-0.2, -0.15) is 0 Å². The van der Waals surface area contributed by atoms with Crippen molar-refractivity contribution in [3.63, 3.8) is 0 Å². The molecule has 0 aliphatic carbocycles. The van der Waals surface area contributed by atoms with E-state index in [1.54, 1.807) is 30.3 Å². The third-order valence-corrected chi connectivity index (χ3v) is 3.15. The highest BCUT2D eigenvalue weighted by Gasteiger charge is 2.09. The number of carbonyl (C=O) groups excluding carboxylic acids is 1. The topological polar surface area (TPSA) is 58.6 Å². The first-order valence-corrected chi connectivity index (χ1v) is 6.85. The number of aryl methyl sites for hydroxylation is 1. The van der Waals surface area contributed by atoms with E-state index in [1.165, 1.54) is 0 Å². The van der Waals surface area contributed by atoms with Crippen molar-refractivity contribution in [3.8, 4) is 5.75 Å². The second kappa shape index (κ2) is 7.11. The number of ether oxygens (including phenoxy) is 1. The summed E-state index contributed by atoms with van der Waals surface area (Å²) in [5.74, 6) is 0.255. The molecule has 0 aliphatic heterocycles. The summed E-state index contributed by atoms with van der Waals surface area (Å²) in [6.07, 6.45) is 0. The molecule has 5 heteroatoms. The van der Waals surface area contributed by atoms with Gasteiger partial charge in [-0.3, -0.25) is 4.79 Å². The Hall–Kier alpha value is -2.04. The number of anilines is 1. The van der Waals surface area contributed by atoms with Gasteiger partial charge in [0.05, 0.1) is 6.61 Å². The lowest BCUT2D eigenvalue weighted by Gasteiger charge is -2.13. The lowest BCUT2D eigenvalue weighted by molar-refractivity contribution is -0.118. The normalized spacial score (nSPS) is 10.2. The standard InChI is InChI=1S/C16H16ClNO3/c1-11-4-2-5-12(9-19)16(11)21-10-15(20)18-14-7-3-6-13(17)8-14/h2-8,19H,9-10H2,1H3,(H,18,20). The van der Waals surface area contributed by atoms with Crippen LogP contribution in [-0.4, -0.2) is 17.6 Å². The molecule has 21 heavy (non-hydrogen) atoms. The number of halogens is 1. The molecule has 2 aromatic carbocycles. The minimum atomic E-state index is -0.288. The van der Waals surface area contributed by atoms with E-state index >= 15 is 0 Å². The van der Waals surface area contributed by atoms with Crippen molar-refractivity contribution in [1.29, 1.82) is 0 Å². The van der Waals surface area contributed by atoms with E-state index in [9.17, 15) is 9.90 Å². The highest BCUT2D eigenvalue weighted by molar-refractivity contribution is 6.30. The van der Waals surface area contributed by atoms with Crippen molar-refractivity contribution in [3.05, 3.63) is 58.6 Å². The molecule has 0 heterocycles. The van der Waals surface area contributed by atoms with Gasteiger partial charge in [0.25, 0.3) is 5.91 Å². The van der Waals surface area contributed by atoms with Crippen LogP contribution in [0.25, 0.3) is 0 Å². The first kappa shape index (κ1) is 15.4. The Balaban J connectivity index is 1.99. The molecule has 1 amide bonds. The van der Waals surface area contributed by atoms with Crippen LogP contribution in [0.1, 0.15) is 11.1 Å². The van der Waals surface area contributed by atoms with Crippen LogP contribution >= 0.6 is 11.6 Å². The molecule has 0 spiro atoms. The van der Waals surface area contributed by atoms with Crippen molar-refractivity contribution in [1.82, 2.24) is 0 Å². The first-order chi connectivity index (χ1) is 10.1. The zero-order chi connectivity index (χ0) is 15.2. The second-order valence-corrected chi connectivity index (χ2v) is 5.00. The van der Waals surface area contributed by atoms with Crippen molar-refractivity contribution in [2.75, 3.05) is 11.9 Å². The number of hydrogen-bond donors (Lipinski definition) is 2. The Morgan fingerprint density at radius 1 is 1.29 bits per heavy atom. The van der Waals surface area contributed by atoms with Crippen molar-refractivity contribution in [2.24, 2.45) is 0 Å². The molecule has 0 aliphatic rings. The Labute approximate surface area is 128 Å². The Bertz CT molecular complexity index is 643. The lowest BCUT2D eigenvalue weighted by atomic mass is 10.1. The number of aliphatic hydroxyl groups is 1. The third kappa shape index (κ3) is 4.21. The summed E-state index contributed by atoms with van der Waals surface area (Å²) in [6.45, 7) is 1.60. The van der Waals surface area contributed by atoms with E-state index in [2.05, 4.69) is 5.32 Å². The molecule has 0 saturated carbocycles. The summed E-state index contributed by atoms with van der Waals surface area (Å²) in [7, 11) is 0. The largest absolute Gasteiger partial charge is 0.483 e. The third-order valence-electron chi connectivity index (χ3n) is 2.92. The summed E-state index contributed by atoms with van der Waals surface area (Å²) in [5.41, 5.74) is 2.14. The molecule has 110 valence electrons. The molecular weight excluding hydrogens is 290 g/mol. The van der Waals surface area contributed by atoms with E-state index in [1.807, 2.05) is 19.1 Å². The van der Waals surface area contributed by atoms with Crippen LogP contribution in [-0.2, 0) is 11.4 Å². The van der Waals surface area contributed by atoms with Crippen LogP contribution in [0.4, 0.5) is 5.69 Å². The summed E-state index contributed by atoms with van der Waals surface area (Å²) in [5, 5.41) is 12.5. The summed E-state index contributed by atoms with van der Waals surface area (Å²) < 4.78 is 5.52. The molecule has 0 fully saturated rings. The number of para-hydroxylation sites is 1. The fraction of sp³-hybridized carbons (Fsp3) is 0.188.